The lowest BCUT2D eigenvalue weighted by atomic mass is 10.0. The largest absolute Gasteiger partial charge is 0.466 e. The third kappa shape index (κ3) is 61.3. The molecule has 0 rings (SSSR count). The van der Waals surface area contributed by atoms with Crippen LogP contribution in [0.2, 0.25) is 0 Å². The second kappa shape index (κ2) is 65.6. The first-order valence-corrected chi connectivity index (χ1v) is 34.2. The number of unbranched alkanes of at least 4 members (excludes halogenated alkanes) is 47. The van der Waals surface area contributed by atoms with E-state index in [1.54, 1.807) is 0 Å². The Balaban J connectivity index is 3.38. The van der Waals surface area contributed by atoms with Crippen molar-refractivity contribution >= 4 is 11.9 Å². The van der Waals surface area contributed by atoms with Gasteiger partial charge in [-0.2, -0.15) is 0 Å². The van der Waals surface area contributed by atoms with E-state index < -0.39 is 12.1 Å². The van der Waals surface area contributed by atoms with E-state index in [4.69, 9.17) is 4.74 Å². The van der Waals surface area contributed by atoms with Gasteiger partial charge in [-0.15, -0.1) is 0 Å². The molecule has 0 radical (unpaired) electrons. The Bertz CT molecular complexity index is 1230. The lowest BCUT2D eigenvalue weighted by molar-refractivity contribution is -0.143. The molecule has 0 aliphatic carbocycles. The van der Waals surface area contributed by atoms with Crippen LogP contribution in [0.15, 0.2) is 36.5 Å². The van der Waals surface area contributed by atoms with Crippen molar-refractivity contribution in [3.05, 3.63) is 36.5 Å². The van der Waals surface area contributed by atoms with Crippen molar-refractivity contribution in [2.75, 3.05) is 13.2 Å². The molecule has 1 amide bonds. The van der Waals surface area contributed by atoms with Gasteiger partial charge in [0.1, 0.15) is 0 Å². The van der Waals surface area contributed by atoms with Gasteiger partial charge in [-0.25, -0.2) is 0 Å². The van der Waals surface area contributed by atoms with Gasteiger partial charge < -0.3 is 20.3 Å². The number of nitrogens with one attached hydrogen (secondary N) is 1. The predicted octanol–water partition coefficient (Wildman–Crippen LogP) is 21.9. The van der Waals surface area contributed by atoms with E-state index in [-0.39, 0.29) is 18.5 Å². The molecule has 0 saturated heterocycles. The first kappa shape index (κ1) is 74.1. The Labute approximate surface area is 474 Å². The molecule has 2 unspecified atom stereocenters. The smallest absolute Gasteiger partial charge is 0.305 e. The molecule has 0 aromatic rings. The minimum Gasteiger partial charge on any atom is -0.466 e. The molecule has 6 nitrogen and oxygen atoms in total. The van der Waals surface area contributed by atoms with Crippen molar-refractivity contribution in [3.8, 4) is 0 Å². The minimum atomic E-state index is -0.664. The Morgan fingerprint density at radius 2 is 0.658 bits per heavy atom. The Morgan fingerprint density at radius 3 is 1.01 bits per heavy atom. The summed E-state index contributed by atoms with van der Waals surface area (Å²) >= 11 is 0. The number of rotatable bonds is 64. The van der Waals surface area contributed by atoms with Gasteiger partial charge in [0.05, 0.1) is 25.4 Å². The van der Waals surface area contributed by atoms with E-state index in [1.165, 1.54) is 289 Å². The van der Waals surface area contributed by atoms with Gasteiger partial charge in [-0.1, -0.05) is 314 Å². The number of allylic oxidation sites excluding steroid dienone is 6. The second-order valence-corrected chi connectivity index (χ2v) is 23.5. The number of hydrogen-bond donors (Lipinski definition) is 3. The molecule has 0 aliphatic heterocycles. The van der Waals surface area contributed by atoms with Crippen LogP contribution >= 0.6 is 0 Å². The normalized spacial score (nSPS) is 12.7. The van der Waals surface area contributed by atoms with E-state index in [0.29, 0.717) is 25.9 Å². The highest BCUT2D eigenvalue weighted by molar-refractivity contribution is 5.76. The summed E-state index contributed by atoms with van der Waals surface area (Å²) in [4.78, 5) is 24.6. The quantitative estimate of drug-likeness (QED) is 0.0320. The number of carbonyl (C=O) groups excluding carboxylic acids is 2. The zero-order valence-corrected chi connectivity index (χ0v) is 51.3. The van der Waals surface area contributed by atoms with Gasteiger partial charge in [0.2, 0.25) is 5.91 Å². The maximum Gasteiger partial charge on any atom is 0.305 e. The molecule has 6 heteroatoms. The van der Waals surface area contributed by atoms with Crippen LogP contribution in [0.3, 0.4) is 0 Å². The van der Waals surface area contributed by atoms with Gasteiger partial charge in [-0.3, -0.25) is 9.59 Å². The summed E-state index contributed by atoms with van der Waals surface area (Å²) in [6.07, 6.45) is 83.3. The van der Waals surface area contributed by atoms with Crippen LogP contribution in [0.1, 0.15) is 373 Å². The zero-order chi connectivity index (χ0) is 55.0. The maximum atomic E-state index is 12.5. The molecule has 448 valence electrons. The molecule has 2 atom stereocenters. The van der Waals surface area contributed by atoms with Gasteiger partial charge in [0.25, 0.3) is 0 Å². The van der Waals surface area contributed by atoms with Crippen molar-refractivity contribution in [1.82, 2.24) is 5.32 Å². The summed E-state index contributed by atoms with van der Waals surface area (Å²) in [6.45, 7) is 4.96. The number of amides is 1. The van der Waals surface area contributed by atoms with Crippen LogP contribution in [0.5, 0.6) is 0 Å². The fraction of sp³-hybridized carbons (Fsp3) is 0.886. The molecular weight excluding hydrogens is 935 g/mol. The lowest BCUT2D eigenvalue weighted by Crippen LogP contribution is -2.45. The highest BCUT2D eigenvalue weighted by Crippen LogP contribution is 2.18. The molecule has 76 heavy (non-hydrogen) atoms. The molecule has 0 fully saturated rings. The average Bonchev–Trinajstić information content (AvgIpc) is 3.42. The fourth-order valence-corrected chi connectivity index (χ4v) is 10.7. The second-order valence-electron chi connectivity index (χ2n) is 23.5. The molecular formula is C70H133NO5. The standard InChI is InChI=1S/C70H133NO5/c1-3-5-7-9-11-13-15-17-18-19-34-37-40-44-48-52-56-60-64-70(75)76-65-61-57-53-49-45-41-38-35-32-30-28-26-24-22-20-21-23-25-27-29-31-33-36-39-43-47-51-55-59-63-69(74)71-67(66-72)68(73)62-58-54-50-46-42-16-14-12-10-8-6-4-2/h18-20,22,26,28,67-68,72-73H,3-17,21,23-25,27,29-66H2,1-2H3,(H,71,74)/b19-18-,22-20-,28-26-. The topological polar surface area (TPSA) is 95.9 Å². The van der Waals surface area contributed by atoms with Crippen LogP contribution in [0.25, 0.3) is 0 Å². The molecule has 0 saturated carbocycles. The van der Waals surface area contributed by atoms with Gasteiger partial charge in [0, 0.05) is 12.8 Å². The van der Waals surface area contributed by atoms with Crippen LogP contribution in [-0.2, 0) is 14.3 Å². The number of ether oxygens (including phenoxy) is 1. The van der Waals surface area contributed by atoms with Crippen molar-refractivity contribution in [1.29, 1.82) is 0 Å². The molecule has 0 aromatic carbocycles. The highest BCUT2D eigenvalue weighted by atomic mass is 16.5. The van der Waals surface area contributed by atoms with Gasteiger partial charge in [0.15, 0.2) is 0 Å². The number of carbonyl (C=O) groups is 2. The Morgan fingerprint density at radius 1 is 0.368 bits per heavy atom. The molecule has 0 spiro atoms. The van der Waals surface area contributed by atoms with Crippen molar-refractivity contribution in [2.45, 2.75) is 386 Å². The number of aliphatic hydroxyl groups excluding tert-OH is 2. The Hall–Kier alpha value is -1.92. The van der Waals surface area contributed by atoms with Crippen LogP contribution in [-0.4, -0.2) is 47.4 Å². The first-order chi connectivity index (χ1) is 37.5. The van der Waals surface area contributed by atoms with E-state index in [2.05, 4.69) is 55.6 Å². The fourth-order valence-electron chi connectivity index (χ4n) is 10.7. The van der Waals surface area contributed by atoms with Gasteiger partial charge >= 0.3 is 5.97 Å². The number of aliphatic hydroxyl groups is 2. The zero-order valence-electron chi connectivity index (χ0n) is 51.3. The van der Waals surface area contributed by atoms with Crippen LogP contribution in [0.4, 0.5) is 0 Å². The minimum absolute atomic E-state index is 0.00940. The SMILES string of the molecule is CCCCCCCCC/C=C\CCCCCCCCCC(=O)OCCCCCCCCCCC/C=C\C/C=C\CCCCCCCCCCCCCCCC(=O)NC(CO)C(O)CCCCCCCCCCCCCC. The van der Waals surface area contributed by atoms with E-state index in [1.807, 2.05) is 0 Å². The van der Waals surface area contributed by atoms with Crippen molar-refractivity contribution < 1.29 is 24.5 Å². The predicted molar refractivity (Wildman–Crippen MR) is 333 cm³/mol. The average molecular weight is 1070 g/mol. The third-order valence-corrected chi connectivity index (χ3v) is 15.9. The molecule has 0 aromatic heterocycles. The van der Waals surface area contributed by atoms with E-state index in [9.17, 15) is 19.8 Å². The molecule has 0 bridgehead atoms. The molecule has 0 heterocycles. The lowest BCUT2D eigenvalue weighted by Gasteiger charge is -2.22. The number of esters is 1. The maximum absolute atomic E-state index is 12.5. The molecule has 3 N–H and O–H groups in total. The van der Waals surface area contributed by atoms with Crippen molar-refractivity contribution in [3.63, 3.8) is 0 Å². The van der Waals surface area contributed by atoms with E-state index in [0.717, 1.165) is 51.4 Å². The third-order valence-electron chi connectivity index (χ3n) is 15.9. The number of hydrogen-bond acceptors (Lipinski definition) is 5. The highest BCUT2D eigenvalue weighted by Gasteiger charge is 2.20. The Kier molecular flexibility index (Phi) is 63.9. The van der Waals surface area contributed by atoms with Crippen LogP contribution < -0.4 is 5.32 Å². The summed E-state index contributed by atoms with van der Waals surface area (Å²) in [6, 6.07) is -0.541. The van der Waals surface area contributed by atoms with E-state index >= 15 is 0 Å². The summed E-state index contributed by atoms with van der Waals surface area (Å²) in [5.74, 6) is -0.0259. The summed E-state index contributed by atoms with van der Waals surface area (Å²) in [5.41, 5.74) is 0. The molecule has 0 aliphatic rings. The first-order valence-electron chi connectivity index (χ1n) is 34.2. The summed E-state index contributed by atoms with van der Waals surface area (Å²) < 4.78 is 5.50. The monoisotopic (exact) mass is 1070 g/mol. The van der Waals surface area contributed by atoms with Crippen molar-refractivity contribution in [2.24, 2.45) is 0 Å². The van der Waals surface area contributed by atoms with Gasteiger partial charge in [-0.05, 0) is 83.5 Å². The summed E-state index contributed by atoms with van der Waals surface area (Å²) in [5, 5.41) is 23.2. The summed E-state index contributed by atoms with van der Waals surface area (Å²) in [7, 11) is 0. The van der Waals surface area contributed by atoms with Crippen LogP contribution in [0, 0.1) is 0 Å².